The zero-order valence-electron chi connectivity index (χ0n) is 27.0. The number of methoxy groups -OCH3 is 1. The molecule has 1 heterocycles. The molecule has 44 heavy (non-hydrogen) atoms. The standard InChI is InChI=1S/C35H51ClO8/c1-6-10-19-41-31-32(42-20-11-7-2)34(24-37,25-38)44-35(39-5,33(31)43-21-12-8-3)28-15-18-30(36)27(23-28)22-26-13-16-29(17-14-26)40-9-4/h13-18,23-24,31-33,38H,6-12,19-22,25H2,1-5H3/t31-,32-,33+,34+,35-/m0/s1. The number of benzene rings is 2. The summed E-state index contributed by atoms with van der Waals surface area (Å²) in [5, 5.41) is 11.3. The summed E-state index contributed by atoms with van der Waals surface area (Å²) in [5.41, 5.74) is 0.718. The number of carbonyl (C=O) groups is 1. The summed E-state index contributed by atoms with van der Waals surface area (Å²) in [6, 6.07) is 13.4. The molecule has 0 saturated carbocycles. The van der Waals surface area contributed by atoms with E-state index < -0.39 is 36.3 Å². The monoisotopic (exact) mass is 634 g/mol. The smallest absolute Gasteiger partial charge is 0.225 e. The minimum atomic E-state index is -1.76. The van der Waals surface area contributed by atoms with Crippen LogP contribution < -0.4 is 4.74 Å². The zero-order valence-corrected chi connectivity index (χ0v) is 27.8. The fourth-order valence-corrected chi connectivity index (χ4v) is 5.69. The van der Waals surface area contributed by atoms with Gasteiger partial charge in [0.15, 0.2) is 11.9 Å². The van der Waals surface area contributed by atoms with Crippen LogP contribution in [0.3, 0.4) is 0 Å². The van der Waals surface area contributed by atoms with E-state index in [1.165, 1.54) is 7.11 Å². The number of halogens is 1. The fourth-order valence-electron chi connectivity index (χ4n) is 5.51. The maximum absolute atomic E-state index is 12.9. The van der Waals surface area contributed by atoms with E-state index in [1.54, 1.807) is 6.07 Å². The third-order valence-corrected chi connectivity index (χ3v) is 8.39. The van der Waals surface area contributed by atoms with Crippen LogP contribution in [0.5, 0.6) is 5.75 Å². The predicted molar refractivity (Wildman–Crippen MR) is 171 cm³/mol. The Bertz CT molecular complexity index is 1130. The average molecular weight is 635 g/mol. The summed E-state index contributed by atoms with van der Waals surface area (Å²) in [5.74, 6) is -0.812. The Morgan fingerprint density at radius 3 is 2.05 bits per heavy atom. The van der Waals surface area contributed by atoms with Crippen molar-refractivity contribution in [3.8, 4) is 5.75 Å². The molecule has 246 valence electrons. The van der Waals surface area contributed by atoms with E-state index in [4.69, 9.17) is 40.0 Å². The molecule has 0 bridgehead atoms. The highest BCUT2D eigenvalue weighted by Gasteiger charge is 2.64. The third kappa shape index (κ3) is 8.60. The number of unbranched alkanes of at least 4 members (excludes halogenated alkanes) is 3. The molecule has 1 aliphatic heterocycles. The molecule has 8 nitrogen and oxygen atoms in total. The number of hydrogen-bond donors (Lipinski definition) is 1. The Morgan fingerprint density at radius 2 is 1.50 bits per heavy atom. The van der Waals surface area contributed by atoms with Crippen molar-refractivity contribution in [1.29, 1.82) is 0 Å². The van der Waals surface area contributed by atoms with Crippen molar-refractivity contribution in [1.82, 2.24) is 0 Å². The van der Waals surface area contributed by atoms with Crippen LogP contribution in [0.1, 0.15) is 82.9 Å². The number of aliphatic hydroxyl groups excluding tert-OH is 1. The summed E-state index contributed by atoms with van der Waals surface area (Å²) >= 11 is 6.73. The van der Waals surface area contributed by atoms with Gasteiger partial charge in [-0.1, -0.05) is 69.8 Å². The molecule has 1 fully saturated rings. The van der Waals surface area contributed by atoms with Gasteiger partial charge in [-0.2, -0.15) is 0 Å². The van der Waals surface area contributed by atoms with Crippen molar-refractivity contribution in [2.24, 2.45) is 0 Å². The summed E-state index contributed by atoms with van der Waals surface area (Å²) in [6.45, 7) is 9.38. The van der Waals surface area contributed by atoms with Gasteiger partial charge in [-0.15, -0.1) is 0 Å². The molecular formula is C35H51ClO8. The lowest BCUT2D eigenvalue weighted by Crippen LogP contribution is -2.72. The van der Waals surface area contributed by atoms with Crippen molar-refractivity contribution in [2.75, 3.05) is 40.1 Å². The van der Waals surface area contributed by atoms with Crippen molar-refractivity contribution in [3.05, 3.63) is 64.2 Å². The maximum Gasteiger partial charge on any atom is 0.225 e. The Hall–Kier alpha value is -2.04. The van der Waals surface area contributed by atoms with Crippen molar-refractivity contribution in [3.63, 3.8) is 0 Å². The molecule has 3 rings (SSSR count). The van der Waals surface area contributed by atoms with E-state index in [2.05, 4.69) is 20.8 Å². The van der Waals surface area contributed by atoms with Crippen molar-refractivity contribution in [2.45, 2.75) is 102 Å². The molecular weight excluding hydrogens is 584 g/mol. The molecule has 0 aliphatic carbocycles. The first-order valence-corrected chi connectivity index (χ1v) is 16.4. The van der Waals surface area contributed by atoms with E-state index in [0.29, 0.717) is 49.7 Å². The fraction of sp³-hybridized carbons (Fsp3) is 0.629. The summed E-state index contributed by atoms with van der Waals surface area (Å²) in [4.78, 5) is 12.9. The number of rotatable bonds is 20. The van der Waals surface area contributed by atoms with Crippen LogP contribution in [0.25, 0.3) is 0 Å². The largest absolute Gasteiger partial charge is 0.494 e. The molecule has 0 spiro atoms. The van der Waals surface area contributed by atoms with Crippen LogP contribution in [0, 0.1) is 0 Å². The Kier molecular flexibility index (Phi) is 15.1. The molecule has 5 atom stereocenters. The van der Waals surface area contributed by atoms with Gasteiger partial charge in [0, 0.05) is 37.5 Å². The van der Waals surface area contributed by atoms with E-state index in [0.717, 1.165) is 55.4 Å². The molecule has 2 aromatic carbocycles. The predicted octanol–water partition coefficient (Wildman–Crippen LogP) is 6.64. The quantitative estimate of drug-likeness (QED) is 0.128. The molecule has 1 saturated heterocycles. The van der Waals surface area contributed by atoms with Crippen LogP contribution >= 0.6 is 11.6 Å². The average Bonchev–Trinajstić information content (AvgIpc) is 3.04. The second-order valence-electron chi connectivity index (χ2n) is 11.2. The first kappa shape index (κ1) is 36.4. The highest BCUT2D eigenvalue weighted by atomic mass is 35.5. The lowest BCUT2D eigenvalue weighted by molar-refractivity contribution is -0.398. The molecule has 1 N–H and O–H groups in total. The Labute approximate surface area is 268 Å². The SMILES string of the molecule is CCCCO[C@@H]1[C@@H](OCCCC)[C@](OC)(c2ccc(Cl)c(Cc3ccc(OCC)cc3)c2)O[C@](C=O)(CO)[C@H]1OCCCC. The van der Waals surface area contributed by atoms with Crippen LogP contribution in [-0.2, 0) is 40.7 Å². The summed E-state index contributed by atoms with van der Waals surface area (Å²) in [6.07, 6.45) is 3.80. The van der Waals surface area contributed by atoms with Gasteiger partial charge in [-0.05, 0) is 68.0 Å². The van der Waals surface area contributed by atoms with E-state index in [9.17, 15) is 9.90 Å². The van der Waals surface area contributed by atoms with Crippen LogP contribution in [0.15, 0.2) is 42.5 Å². The highest BCUT2D eigenvalue weighted by Crippen LogP contribution is 2.47. The number of aldehydes is 1. The van der Waals surface area contributed by atoms with Gasteiger partial charge < -0.3 is 33.5 Å². The number of hydrogen-bond acceptors (Lipinski definition) is 8. The molecule has 2 aromatic rings. The van der Waals surface area contributed by atoms with Gasteiger partial charge in [0.25, 0.3) is 0 Å². The normalized spacial score (nSPS) is 25.2. The van der Waals surface area contributed by atoms with E-state index in [1.807, 2.05) is 43.3 Å². The summed E-state index contributed by atoms with van der Waals surface area (Å²) in [7, 11) is 1.52. The first-order chi connectivity index (χ1) is 21.4. The second-order valence-corrected chi connectivity index (χ2v) is 11.7. The third-order valence-electron chi connectivity index (χ3n) is 8.02. The topological polar surface area (TPSA) is 92.7 Å². The minimum Gasteiger partial charge on any atom is -0.494 e. The Morgan fingerprint density at radius 1 is 0.886 bits per heavy atom. The van der Waals surface area contributed by atoms with Gasteiger partial charge in [-0.25, -0.2) is 0 Å². The molecule has 9 heteroatoms. The first-order valence-electron chi connectivity index (χ1n) is 16.1. The number of aliphatic hydroxyl groups is 1. The highest BCUT2D eigenvalue weighted by molar-refractivity contribution is 6.31. The van der Waals surface area contributed by atoms with Gasteiger partial charge in [0.2, 0.25) is 5.79 Å². The van der Waals surface area contributed by atoms with Crippen LogP contribution in [0.2, 0.25) is 5.02 Å². The maximum atomic E-state index is 12.9. The van der Waals surface area contributed by atoms with E-state index >= 15 is 0 Å². The lowest BCUT2D eigenvalue weighted by Gasteiger charge is -2.55. The molecule has 0 radical (unpaired) electrons. The van der Waals surface area contributed by atoms with Crippen molar-refractivity contribution >= 4 is 17.9 Å². The van der Waals surface area contributed by atoms with Gasteiger partial charge in [-0.3, -0.25) is 4.79 Å². The van der Waals surface area contributed by atoms with Gasteiger partial charge in [0.1, 0.15) is 24.1 Å². The van der Waals surface area contributed by atoms with Crippen LogP contribution in [-0.4, -0.2) is 75.4 Å². The van der Waals surface area contributed by atoms with Gasteiger partial charge >= 0.3 is 0 Å². The summed E-state index contributed by atoms with van der Waals surface area (Å²) < 4.78 is 37.9. The van der Waals surface area contributed by atoms with Crippen LogP contribution in [0.4, 0.5) is 0 Å². The number of ether oxygens (including phenoxy) is 6. The zero-order chi connectivity index (χ0) is 32.0. The van der Waals surface area contributed by atoms with Gasteiger partial charge in [0.05, 0.1) is 13.2 Å². The molecule has 1 aliphatic rings. The Balaban J connectivity index is 2.14. The van der Waals surface area contributed by atoms with E-state index in [-0.39, 0.29) is 0 Å². The lowest BCUT2D eigenvalue weighted by atomic mass is 9.80. The second kappa shape index (κ2) is 18.2. The number of carbonyl (C=O) groups excluding carboxylic acids is 1. The van der Waals surface area contributed by atoms with Crippen molar-refractivity contribution < 1.29 is 38.3 Å². The minimum absolute atomic E-state index is 0.378. The molecule has 0 amide bonds. The molecule has 0 unspecified atom stereocenters. The molecule has 0 aromatic heterocycles.